The number of hydrogen-bond donors (Lipinski definition) is 2. The summed E-state index contributed by atoms with van der Waals surface area (Å²) in [7, 11) is 0. The van der Waals surface area contributed by atoms with Crippen LogP contribution in [0.4, 0.5) is 13.2 Å². The van der Waals surface area contributed by atoms with Crippen LogP contribution in [0.1, 0.15) is 29.8 Å². The average Bonchev–Trinajstić information content (AvgIpc) is 2.37. The SMILES string of the molecule is CCc1ccc(C(=O)NC(C)(C(=O)O)C(F)(F)F)cc1. The van der Waals surface area contributed by atoms with Crippen molar-refractivity contribution in [3.05, 3.63) is 35.4 Å². The molecule has 1 atom stereocenters. The minimum atomic E-state index is -5.10. The molecule has 0 spiro atoms. The van der Waals surface area contributed by atoms with E-state index < -0.39 is 23.6 Å². The van der Waals surface area contributed by atoms with Crippen molar-refractivity contribution < 1.29 is 27.9 Å². The van der Waals surface area contributed by atoms with Crippen LogP contribution in [0, 0.1) is 0 Å². The fraction of sp³-hybridized carbons (Fsp3) is 0.385. The van der Waals surface area contributed by atoms with Gasteiger partial charge in [-0.15, -0.1) is 0 Å². The van der Waals surface area contributed by atoms with E-state index in [1.165, 1.54) is 17.4 Å². The number of carbonyl (C=O) groups excluding carboxylic acids is 1. The summed E-state index contributed by atoms with van der Waals surface area (Å²) in [5, 5.41) is 10.2. The molecule has 0 saturated carbocycles. The molecule has 2 N–H and O–H groups in total. The van der Waals surface area contributed by atoms with Gasteiger partial charge in [0, 0.05) is 5.56 Å². The van der Waals surface area contributed by atoms with Gasteiger partial charge in [-0.3, -0.25) is 4.79 Å². The van der Waals surface area contributed by atoms with Gasteiger partial charge in [-0.05, 0) is 31.0 Å². The minimum Gasteiger partial charge on any atom is -0.479 e. The van der Waals surface area contributed by atoms with E-state index >= 15 is 0 Å². The number of carboxylic acid groups (broad SMARTS) is 1. The largest absolute Gasteiger partial charge is 0.479 e. The number of carbonyl (C=O) groups is 2. The molecule has 0 aliphatic heterocycles. The second-order valence-corrected chi connectivity index (χ2v) is 4.43. The lowest BCUT2D eigenvalue weighted by molar-refractivity contribution is -0.203. The summed E-state index contributed by atoms with van der Waals surface area (Å²) in [6, 6.07) is 5.90. The monoisotopic (exact) mass is 289 g/mol. The maximum absolute atomic E-state index is 12.8. The second-order valence-electron chi connectivity index (χ2n) is 4.43. The van der Waals surface area contributed by atoms with Crippen molar-refractivity contribution >= 4 is 11.9 Å². The Morgan fingerprint density at radius 3 is 2.05 bits per heavy atom. The zero-order chi connectivity index (χ0) is 15.6. The number of aryl methyl sites for hydroxylation is 1. The third-order valence-electron chi connectivity index (χ3n) is 2.98. The highest BCUT2D eigenvalue weighted by molar-refractivity contribution is 5.98. The number of aliphatic carboxylic acids is 1. The van der Waals surface area contributed by atoms with Crippen molar-refractivity contribution in [2.24, 2.45) is 0 Å². The summed E-state index contributed by atoms with van der Waals surface area (Å²) < 4.78 is 38.3. The number of halogens is 3. The van der Waals surface area contributed by atoms with Gasteiger partial charge < -0.3 is 10.4 Å². The van der Waals surface area contributed by atoms with Crippen molar-refractivity contribution in [2.45, 2.75) is 32.0 Å². The molecule has 0 saturated heterocycles. The number of amides is 1. The first-order valence-corrected chi connectivity index (χ1v) is 5.83. The zero-order valence-corrected chi connectivity index (χ0v) is 10.9. The molecule has 20 heavy (non-hydrogen) atoms. The fourth-order valence-corrected chi connectivity index (χ4v) is 1.44. The van der Waals surface area contributed by atoms with E-state index in [1.807, 2.05) is 6.92 Å². The van der Waals surface area contributed by atoms with Gasteiger partial charge in [-0.2, -0.15) is 13.2 Å². The maximum Gasteiger partial charge on any atom is 0.422 e. The van der Waals surface area contributed by atoms with E-state index in [9.17, 15) is 22.8 Å². The smallest absolute Gasteiger partial charge is 0.422 e. The van der Waals surface area contributed by atoms with E-state index in [-0.39, 0.29) is 5.56 Å². The Hall–Kier alpha value is -2.05. The highest BCUT2D eigenvalue weighted by atomic mass is 19.4. The lowest BCUT2D eigenvalue weighted by atomic mass is 10.0. The summed E-state index contributed by atoms with van der Waals surface area (Å²) >= 11 is 0. The van der Waals surface area contributed by atoms with Gasteiger partial charge in [0.1, 0.15) is 0 Å². The van der Waals surface area contributed by atoms with E-state index in [4.69, 9.17) is 5.11 Å². The predicted molar refractivity (Wildman–Crippen MR) is 65.4 cm³/mol. The van der Waals surface area contributed by atoms with Crippen molar-refractivity contribution in [1.82, 2.24) is 5.32 Å². The summed E-state index contributed by atoms with van der Waals surface area (Å²) in [6.07, 6.45) is -4.38. The van der Waals surface area contributed by atoms with Crippen LogP contribution in [0.25, 0.3) is 0 Å². The molecule has 110 valence electrons. The molecule has 1 amide bonds. The predicted octanol–water partition coefficient (Wildman–Crippen LogP) is 2.38. The van der Waals surface area contributed by atoms with Crippen LogP contribution >= 0.6 is 0 Å². The Morgan fingerprint density at radius 2 is 1.70 bits per heavy atom. The number of benzene rings is 1. The second kappa shape index (κ2) is 5.52. The molecule has 0 aliphatic rings. The van der Waals surface area contributed by atoms with Gasteiger partial charge in [-0.1, -0.05) is 19.1 Å². The summed E-state index contributed by atoms with van der Waals surface area (Å²) in [4.78, 5) is 22.5. The first-order valence-electron chi connectivity index (χ1n) is 5.83. The van der Waals surface area contributed by atoms with Crippen molar-refractivity contribution in [3.8, 4) is 0 Å². The molecule has 1 aromatic rings. The lowest BCUT2D eigenvalue weighted by Crippen LogP contribution is -2.61. The summed E-state index contributed by atoms with van der Waals surface area (Å²) in [6.45, 7) is 2.30. The van der Waals surface area contributed by atoms with Gasteiger partial charge in [-0.25, -0.2) is 4.79 Å². The molecular weight excluding hydrogens is 275 g/mol. The number of hydrogen-bond acceptors (Lipinski definition) is 2. The molecule has 1 rings (SSSR count). The van der Waals surface area contributed by atoms with Crippen molar-refractivity contribution in [3.63, 3.8) is 0 Å². The molecule has 1 unspecified atom stereocenters. The molecular formula is C13H14F3NO3. The van der Waals surface area contributed by atoms with Crippen LogP contribution in [-0.2, 0) is 11.2 Å². The Kier molecular flexibility index (Phi) is 4.42. The highest BCUT2D eigenvalue weighted by Gasteiger charge is 2.58. The molecule has 0 heterocycles. The molecule has 7 heteroatoms. The first kappa shape index (κ1) is 16.0. The molecule has 1 aromatic carbocycles. The Balaban J connectivity index is 3.00. The van der Waals surface area contributed by atoms with Gasteiger partial charge in [0.2, 0.25) is 5.54 Å². The number of alkyl halides is 3. The molecule has 0 aromatic heterocycles. The average molecular weight is 289 g/mol. The lowest BCUT2D eigenvalue weighted by Gasteiger charge is -2.28. The minimum absolute atomic E-state index is 0.0288. The Labute approximate surface area is 113 Å². The van der Waals surface area contributed by atoms with Crippen LogP contribution < -0.4 is 5.32 Å². The third kappa shape index (κ3) is 3.09. The number of nitrogens with one attached hydrogen (secondary N) is 1. The third-order valence-corrected chi connectivity index (χ3v) is 2.98. The van der Waals surface area contributed by atoms with Gasteiger partial charge in [0.15, 0.2) is 0 Å². The standard InChI is InChI=1S/C13H14F3NO3/c1-3-8-4-6-9(7-5-8)10(18)17-12(2,11(19)20)13(14,15)16/h4-7H,3H2,1-2H3,(H,17,18)(H,19,20). The van der Waals surface area contributed by atoms with E-state index in [0.29, 0.717) is 6.92 Å². The van der Waals surface area contributed by atoms with Crippen LogP contribution in [0.15, 0.2) is 24.3 Å². The normalized spacial score (nSPS) is 14.4. The van der Waals surface area contributed by atoms with Crippen LogP contribution in [0.3, 0.4) is 0 Å². The fourth-order valence-electron chi connectivity index (χ4n) is 1.44. The number of rotatable bonds is 4. The topological polar surface area (TPSA) is 66.4 Å². The quantitative estimate of drug-likeness (QED) is 0.894. The van der Waals surface area contributed by atoms with Gasteiger partial charge in [0.25, 0.3) is 5.91 Å². The molecule has 0 fully saturated rings. The van der Waals surface area contributed by atoms with E-state index in [2.05, 4.69) is 0 Å². The van der Waals surface area contributed by atoms with E-state index in [1.54, 1.807) is 12.1 Å². The Morgan fingerprint density at radius 1 is 1.20 bits per heavy atom. The number of carboxylic acids is 1. The molecule has 4 nitrogen and oxygen atoms in total. The summed E-state index contributed by atoms with van der Waals surface area (Å²) in [5.74, 6) is -3.25. The molecule has 0 radical (unpaired) electrons. The molecule has 0 aliphatic carbocycles. The Bertz CT molecular complexity index is 511. The highest BCUT2D eigenvalue weighted by Crippen LogP contribution is 2.30. The molecule has 0 bridgehead atoms. The van der Waals surface area contributed by atoms with Crippen molar-refractivity contribution in [1.29, 1.82) is 0 Å². The van der Waals surface area contributed by atoms with Crippen LogP contribution in [0.2, 0.25) is 0 Å². The van der Waals surface area contributed by atoms with Gasteiger partial charge >= 0.3 is 12.1 Å². The van der Waals surface area contributed by atoms with E-state index in [0.717, 1.165) is 12.0 Å². The van der Waals surface area contributed by atoms with Crippen LogP contribution in [-0.4, -0.2) is 28.7 Å². The van der Waals surface area contributed by atoms with Crippen molar-refractivity contribution in [2.75, 3.05) is 0 Å². The van der Waals surface area contributed by atoms with Gasteiger partial charge in [0.05, 0.1) is 0 Å². The zero-order valence-electron chi connectivity index (χ0n) is 10.9. The first-order chi connectivity index (χ1) is 9.11. The summed E-state index contributed by atoms with van der Waals surface area (Å²) in [5.41, 5.74) is -2.44. The maximum atomic E-state index is 12.8. The van der Waals surface area contributed by atoms with Crippen LogP contribution in [0.5, 0.6) is 0 Å².